The van der Waals surface area contributed by atoms with Gasteiger partial charge in [-0.25, -0.2) is 0 Å². The van der Waals surface area contributed by atoms with Gasteiger partial charge in [0.05, 0.1) is 6.04 Å². The van der Waals surface area contributed by atoms with Crippen LogP contribution in [0.1, 0.15) is 35.9 Å². The molecule has 0 bridgehead atoms. The van der Waals surface area contributed by atoms with Crippen LogP contribution in [0.5, 0.6) is 0 Å². The Labute approximate surface area is 152 Å². The zero-order valence-corrected chi connectivity index (χ0v) is 14.7. The second-order valence-electron chi connectivity index (χ2n) is 6.16. The summed E-state index contributed by atoms with van der Waals surface area (Å²) in [7, 11) is 0. The maximum Gasteiger partial charge on any atom is 0.223 e. The van der Waals surface area contributed by atoms with Crippen LogP contribution in [0.3, 0.4) is 0 Å². The summed E-state index contributed by atoms with van der Waals surface area (Å²) in [6, 6.07) is 15.4. The van der Waals surface area contributed by atoms with E-state index < -0.39 is 0 Å². The van der Waals surface area contributed by atoms with Gasteiger partial charge >= 0.3 is 0 Å². The SMILES string of the molecule is C=CC[C@H]1C[C@H](c2cccc(Cl)c2)[C@@H](c2ccc(Cl)cc2)NC1=O. The largest absolute Gasteiger partial charge is 0.348 e. The van der Waals surface area contributed by atoms with Crippen molar-refractivity contribution >= 4 is 29.1 Å². The first-order valence-electron chi connectivity index (χ1n) is 8.00. The summed E-state index contributed by atoms with van der Waals surface area (Å²) in [6.45, 7) is 3.77. The first-order chi connectivity index (χ1) is 11.6. The van der Waals surface area contributed by atoms with E-state index in [9.17, 15) is 4.79 Å². The fourth-order valence-electron chi connectivity index (χ4n) is 3.38. The van der Waals surface area contributed by atoms with Crippen molar-refractivity contribution in [2.45, 2.75) is 24.8 Å². The lowest BCUT2D eigenvalue weighted by molar-refractivity contribution is -0.128. The van der Waals surface area contributed by atoms with Gasteiger partial charge in [0, 0.05) is 21.9 Å². The predicted molar refractivity (Wildman–Crippen MR) is 99.4 cm³/mol. The molecule has 2 aromatic rings. The van der Waals surface area contributed by atoms with Crippen LogP contribution in [0.4, 0.5) is 0 Å². The summed E-state index contributed by atoms with van der Waals surface area (Å²) in [5, 5.41) is 4.58. The summed E-state index contributed by atoms with van der Waals surface area (Å²) < 4.78 is 0. The highest BCUT2D eigenvalue weighted by Gasteiger charge is 2.36. The topological polar surface area (TPSA) is 29.1 Å². The normalized spacial score (nSPS) is 23.6. The molecular formula is C20H19Cl2NO. The van der Waals surface area contributed by atoms with Crippen LogP contribution in [0, 0.1) is 5.92 Å². The zero-order valence-electron chi connectivity index (χ0n) is 13.2. The Morgan fingerprint density at radius 3 is 2.50 bits per heavy atom. The number of hydrogen-bond acceptors (Lipinski definition) is 1. The molecule has 3 atom stereocenters. The van der Waals surface area contributed by atoms with E-state index >= 15 is 0 Å². The molecule has 4 heteroatoms. The molecule has 0 spiro atoms. The maximum absolute atomic E-state index is 12.5. The number of amides is 1. The van der Waals surface area contributed by atoms with Gasteiger partial charge in [-0.1, -0.05) is 53.5 Å². The number of benzene rings is 2. The Morgan fingerprint density at radius 1 is 1.08 bits per heavy atom. The molecule has 0 aliphatic carbocycles. The minimum atomic E-state index is -0.0886. The third kappa shape index (κ3) is 3.66. The van der Waals surface area contributed by atoms with Gasteiger partial charge < -0.3 is 5.32 Å². The van der Waals surface area contributed by atoms with E-state index in [1.165, 1.54) is 0 Å². The molecule has 24 heavy (non-hydrogen) atoms. The average molecular weight is 360 g/mol. The van der Waals surface area contributed by atoms with Crippen LogP contribution >= 0.6 is 23.2 Å². The molecule has 3 rings (SSSR count). The molecule has 1 saturated heterocycles. The lowest BCUT2D eigenvalue weighted by atomic mass is 9.76. The zero-order chi connectivity index (χ0) is 17.1. The molecule has 0 aromatic heterocycles. The number of rotatable bonds is 4. The van der Waals surface area contributed by atoms with Gasteiger partial charge in [0.2, 0.25) is 5.91 Å². The lowest BCUT2D eigenvalue weighted by Crippen LogP contribution is -2.43. The van der Waals surface area contributed by atoms with E-state index in [1.54, 1.807) is 0 Å². The van der Waals surface area contributed by atoms with Crippen LogP contribution in [-0.4, -0.2) is 5.91 Å². The molecule has 1 fully saturated rings. The smallest absolute Gasteiger partial charge is 0.223 e. The van der Waals surface area contributed by atoms with Crippen molar-refractivity contribution in [2.75, 3.05) is 0 Å². The molecular weight excluding hydrogens is 341 g/mol. The standard InChI is InChI=1S/C20H19Cl2NO/c1-2-4-15-12-18(14-5-3-6-17(22)11-14)19(23-20(15)24)13-7-9-16(21)10-8-13/h2-3,5-11,15,18-19H,1,4,12H2,(H,23,24)/t15-,18+,19+/m0/s1. The fraction of sp³-hybridized carbons (Fsp3) is 0.250. The van der Waals surface area contributed by atoms with Crippen molar-refractivity contribution in [1.82, 2.24) is 5.32 Å². The maximum atomic E-state index is 12.5. The number of piperidine rings is 1. The van der Waals surface area contributed by atoms with E-state index in [1.807, 2.05) is 48.5 Å². The number of halogens is 2. The van der Waals surface area contributed by atoms with E-state index in [0.29, 0.717) is 16.5 Å². The third-order valence-corrected chi connectivity index (χ3v) is 5.05. The number of carbonyl (C=O) groups excluding carboxylic acids is 1. The Kier molecular flexibility index (Phi) is 5.27. The molecule has 0 radical (unpaired) electrons. The van der Waals surface area contributed by atoms with Gasteiger partial charge in [0.1, 0.15) is 0 Å². The van der Waals surface area contributed by atoms with Crippen molar-refractivity contribution < 1.29 is 4.79 Å². The van der Waals surface area contributed by atoms with Crippen molar-refractivity contribution in [1.29, 1.82) is 0 Å². The van der Waals surface area contributed by atoms with Crippen molar-refractivity contribution in [3.8, 4) is 0 Å². The monoisotopic (exact) mass is 359 g/mol. The molecule has 124 valence electrons. The van der Waals surface area contributed by atoms with Gasteiger partial charge in [-0.3, -0.25) is 4.79 Å². The van der Waals surface area contributed by atoms with Crippen molar-refractivity contribution in [3.05, 3.63) is 82.4 Å². The van der Waals surface area contributed by atoms with Crippen molar-refractivity contribution in [3.63, 3.8) is 0 Å². The molecule has 1 heterocycles. The number of carbonyl (C=O) groups is 1. The lowest BCUT2D eigenvalue weighted by Gasteiger charge is -2.37. The molecule has 0 unspecified atom stereocenters. The van der Waals surface area contributed by atoms with E-state index in [-0.39, 0.29) is 23.8 Å². The molecule has 1 aliphatic rings. The van der Waals surface area contributed by atoms with Crippen molar-refractivity contribution in [2.24, 2.45) is 5.92 Å². The van der Waals surface area contributed by atoms with Gasteiger partial charge in [-0.05, 0) is 48.2 Å². The minimum absolute atomic E-state index is 0.0602. The fourth-order valence-corrected chi connectivity index (χ4v) is 3.70. The Balaban J connectivity index is 1.98. The highest BCUT2D eigenvalue weighted by atomic mass is 35.5. The summed E-state index contributed by atoms with van der Waals surface area (Å²) in [4.78, 5) is 12.5. The number of allylic oxidation sites excluding steroid dienone is 1. The van der Waals surface area contributed by atoms with Crippen LogP contribution in [0.25, 0.3) is 0 Å². The first kappa shape index (κ1) is 17.1. The Bertz CT molecular complexity index is 742. The molecule has 2 aromatic carbocycles. The quantitative estimate of drug-likeness (QED) is 0.714. The highest BCUT2D eigenvalue weighted by molar-refractivity contribution is 6.30. The minimum Gasteiger partial charge on any atom is -0.348 e. The Morgan fingerprint density at radius 2 is 1.83 bits per heavy atom. The van der Waals surface area contributed by atoms with Gasteiger partial charge in [0.25, 0.3) is 0 Å². The molecule has 2 nitrogen and oxygen atoms in total. The third-order valence-electron chi connectivity index (χ3n) is 4.57. The molecule has 1 aliphatic heterocycles. The van der Waals surface area contributed by atoms with Crippen LogP contribution in [-0.2, 0) is 4.79 Å². The van der Waals surface area contributed by atoms with E-state index in [2.05, 4.69) is 18.0 Å². The second kappa shape index (κ2) is 7.42. The van der Waals surface area contributed by atoms with Gasteiger partial charge in [-0.15, -0.1) is 6.58 Å². The first-order valence-corrected chi connectivity index (χ1v) is 8.76. The van der Waals surface area contributed by atoms with Crippen LogP contribution < -0.4 is 5.32 Å². The van der Waals surface area contributed by atoms with E-state index in [4.69, 9.17) is 23.2 Å². The van der Waals surface area contributed by atoms with Crippen LogP contribution in [0.15, 0.2) is 61.2 Å². The summed E-state index contributed by atoms with van der Waals surface area (Å²) in [5.74, 6) is 0.177. The average Bonchev–Trinajstić information content (AvgIpc) is 2.57. The number of nitrogens with one attached hydrogen (secondary N) is 1. The summed E-state index contributed by atoms with van der Waals surface area (Å²) in [6.07, 6.45) is 3.25. The highest BCUT2D eigenvalue weighted by Crippen LogP contribution is 2.41. The number of hydrogen-bond donors (Lipinski definition) is 1. The van der Waals surface area contributed by atoms with E-state index in [0.717, 1.165) is 17.5 Å². The predicted octanol–water partition coefficient (Wildman–Crippen LogP) is 5.53. The Hall–Kier alpha value is -1.77. The summed E-state index contributed by atoms with van der Waals surface area (Å²) >= 11 is 12.2. The van der Waals surface area contributed by atoms with Crippen LogP contribution in [0.2, 0.25) is 10.0 Å². The van der Waals surface area contributed by atoms with Gasteiger partial charge in [-0.2, -0.15) is 0 Å². The molecule has 1 amide bonds. The molecule has 0 saturated carbocycles. The summed E-state index contributed by atoms with van der Waals surface area (Å²) in [5.41, 5.74) is 2.19. The molecule has 1 N–H and O–H groups in total. The van der Waals surface area contributed by atoms with Gasteiger partial charge in [0.15, 0.2) is 0 Å². The second-order valence-corrected chi connectivity index (χ2v) is 7.03.